The normalized spacial score (nSPS) is 10.5. The number of aromatic nitrogens is 1. The van der Waals surface area contributed by atoms with Crippen LogP contribution in [0.1, 0.15) is 17.3 Å². The molecule has 0 atom stereocenters. The van der Waals surface area contributed by atoms with E-state index in [1.54, 1.807) is 0 Å². The van der Waals surface area contributed by atoms with Crippen LogP contribution >= 0.6 is 11.3 Å². The summed E-state index contributed by atoms with van der Waals surface area (Å²) < 4.78 is 14.8. The van der Waals surface area contributed by atoms with E-state index in [1.165, 1.54) is 30.4 Å². The number of nitrogens with one attached hydrogen (secondary N) is 2. The number of rotatable bonds is 3. The van der Waals surface area contributed by atoms with Crippen LogP contribution in [-0.4, -0.2) is 16.8 Å². The molecule has 0 saturated heterocycles. The zero-order valence-corrected chi connectivity index (χ0v) is 12.9. The molecule has 2 N–H and O–H groups in total. The van der Waals surface area contributed by atoms with E-state index < -0.39 is 11.7 Å². The van der Waals surface area contributed by atoms with Crippen molar-refractivity contribution in [2.24, 2.45) is 0 Å². The van der Waals surface area contributed by atoms with Gasteiger partial charge in [-0.05, 0) is 30.3 Å². The Morgan fingerprint density at radius 1 is 1.13 bits per heavy atom. The lowest BCUT2D eigenvalue weighted by atomic mass is 10.1. The highest BCUT2D eigenvalue weighted by Gasteiger charge is 2.15. The fourth-order valence-corrected chi connectivity index (χ4v) is 2.93. The van der Waals surface area contributed by atoms with E-state index in [9.17, 15) is 14.0 Å². The van der Waals surface area contributed by atoms with E-state index in [1.807, 2.05) is 24.3 Å². The summed E-state index contributed by atoms with van der Waals surface area (Å²) in [5.41, 5.74) is 0.962. The van der Waals surface area contributed by atoms with Crippen molar-refractivity contribution in [3.05, 3.63) is 53.8 Å². The molecule has 1 aromatic heterocycles. The largest absolute Gasteiger partial charge is 0.326 e. The van der Waals surface area contributed by atoms with E-state index in [-0.39, 0.29) is 11.5 Å². The van der Waals surface area contributed by atoms with Gasteiger partial charge in [-0.1, -0.05) is 23.5 Å². The van der Waals surface area contributed by atoms with E-state index in [2.05, 4.69) is 15.6 Å². The minimum absolute atomic E-state index is 0.157. The van der Waals surface area contributed by atoms with Crippen LogP contribution in [0.2, 0.25) is 0 Å². The van der Waals surface area contributed by atoms with Crippen LogP contribution in [0.5, 0.6) is 0 Å². The number of anilines is 2. The van der Waals surface area contributed by atoms with Crippen LogP contribution < -0.4 is 10.6 Å². The Kier molecular flexibility index (Phi) is 4.03. The molecule has 2 amide bonds. The highest BCUT2D eigenvalue weighted by atomic mass is 32.1. The lowest BCUT2D eigenvalue weighted by Crippen LogP contribution is -2.15. The number of benzene rings is 2. The van der Waals surface area contributed by atoms with Crippen molar-refractivity contribution in [1.82, 2.24) is 4.98 Å². The van der Waals surface area contributed by atoms with Gasteiger partial charge in [0, 0.05) is 12.6 Å². The summed E-state index contributed by atoms with van der Waals surface area (Å²) in [6.45, 7) is 1.34. The second-order valence-corrected chi connectivity index (χ2v) is 5.85. The first kappa shape index (κ1) is 15.1. The van der Waals surface area contributed by atoms with E-state index in [0.29, 0.717) is 10.8 Å². The maximum atomic E-state index is 13.9. The van der Waals surface area contributed by atoms with Gasteiger partial charge in [0.2, 0.25) is 5.91 Å². The average Bonchev–Trinajstić information content (AvgIpc) is 2.90. The lowest BCUT2D eigenvalue weighted by Gasteiger charge is -2.07. The molecule has 5 nitrogen and oxygen atoms in total. The molecule has 3 aromatic rings. The number of para-hydroxylation sites is 1. The highest BCUT2D eigenvalue weighted by molar-refractivity contribution is 7.22. The average molecular weight is 329 g/mol. The summed E-state index contributed by atoms with van der Waals surface area (Å²) in [6.07, 6.45) is 0. The van der Waals surface area contributed by atoms with Gasteiger partial charge >= 0.3 is 0 Å². The molecule has 0 spiro atoms. The summed E-state index contributed by atoms with van der Waals surface area (Å²) in [7, 11) is 0. The van der Waals surface area contributed by atoms with Crippen molar-refractivity contribution in [3.8, 4) is 0 Å². The molecule has 0 saturated carbocycles. The van der Waals surface area contributed by atoms with Crippen molar-refractivity contribution in [2.75, 3.05) is 10.6 Å². The standard InChI is InChI=1S/C16H12FN3O2S/c1-9(21)18-10-6-7-12(17)11(8-10)15(22)20-16-19-13-4-2-3-5-14(13)23-16/h2-8H,1H3,(H,18,21)(H,19,20,22). The number of amides is 2. The van der Waals surface area contributed by atoms with Crippen LogP contribution in [-0.2, 0) is 4.79 Å². The van der Waals surface area contributed by atoms with Gasteiger partial charge in [0.05, 0.1) is 15.8 Å². The van der Waals surface area contributed by atoms with Gasteiger partial charge in [0.15, 0.2) is 5.13 Å². The van der Waals surface area contributed by atoms with Crippen LogP contribution in [0, 0.1) is 5.82 Å². The molecule has 0 aliphatic carbocycles. The molecule has 0 aliphatic rings. The number of carbonyl (C=O) groups excluding carboxylic acids is 2. The number of carbonyl (C=O) groups is 2. The number of thiazole rings is 1. The molecule has 1 heterocycles. The van der Waals surface area contributed by atoms with Gasteiger partial charge in [-0.3, -0.25) is 14.9 Å². The van der Waals surface area contributed by atoms with E-state index in [0.717, 1.165) is 16.3 Å². The van der Waals surface area contributed by atoms with E-state index >= 15 is 0 Å². The number of nitrogens with zero attached hydrogens (tertiary/aromatic N) is 1. The Labute approximate surface area is 135 Å². The molecule has 3 rings (SSSR count). The molecular formula is C16H12FN3O2S. The van der Waals surface area contributed by atoms with Crippen molar-refractivity contribution < 1.29 is 14.0 Å². The summed E-state index contributed by atoms with van der Waals surface area (Å²) in [4.78, 5) is 27.6. The Balaban J connectivity index is 1.86. The topological polar surface area (TPSA) is 71.1 Å². The maximum Gasteiger partial charge on any atom is 0.260 e. The van der Waals surface area contributed by atoms with Crippen molar-refractivity contribution in [3.63, 3.8) is 0 Å². The van der Waals surface area contributed by atoms with Gasteiger partial charge in [0.25, 0.3) is 5.91 Å². The Hall–Kier alpha value is -2.80. The van der Waals surface area contributed by atoms with Crippen LogP contribution in [0.15, 0.2) is 42.5 Å². The van der Waals surface area contributed by atoms with Crippen molar-refractivity contribution >= 4 is 44.2 Å². The summed E-state index contributed by atoms with van der Waals surface area (Å²) in [6, 6.07) is 11.3. The molecule has 0 bridgehead atoms. The third-order valence-corrected chi connectivity index (χ3v) is 4.00. The third-order valence-electron chi connectivity index (χ3n) is 3.05. The van der Waals surface area contributed by atoms with Crippen molar-refractivity contribution in [2.45, 2.75) is 6.92 Å². The SMILES string of the molecule is CC(=O)Nc1ccc(F)c(C(=O)Nc2nc3ccccc3s2)c1. The minimum atomic E-state index is -0.669. The summed E-state index contributed by atoms with van der Waals surface area (Å²) >= 11 is 1.31. The van der Waals surface area contributed by atoms with Gasteiger partial charge in [-0.2, -0.15) is 0 Å². The molecular weight excluding hydrogens is 317 g/mol. The Bertz CT molecular complexity index is 874. The molecule has 0 radical (unpaired) electrons. The molecule has 0 unspecified atom stereocenters. The fourth-order valence-electron chi connectivity index (χ4n) is 2.07. The second-order valence-electron chi connectivity index (χ2n) is 4.82. The molecule has 23 heavy (non-hydrogen) atoms. The Morgan fingerprint density at radius 2 is 1.91 bits per heavy atom. The fraction of sp³-hybridized carbons (Fsp3) is 0.0625. The summed E-state index contributed by atoms with van der Waals surface area (Å²) in [5, 5.41) is 5.49. The highest BCUT2D eigenvalue weighted by Crippen LogP contribution is 2.26. The second kappa shape index (κ2) is 6.13. The molecule has 7 heteroatoms. The monoisotopic (exact) mass is 329 g/mol. The number of hydrogen-bond acceptors (Lipinski definition) is 4. The predicted octanol–water partition coefficient (Wildman–Crippen LogP) is 3.65. The Morgan fingerprint density at radius 3 is 2.65 bits per heavy atom. The maximum absolute atomic E-state index is 13.9. The first-order chi connectivity index (χ1) is 11.0. The smallest absolute Gasteiger partial charge is 0.260 e. The third kappa shape index (κ3) is 3.35. The quantitative estimate of drug-likeness (QED) is 0.770. The predicted molar refractivity (Wildman–Crippen MR) is 88.3 cm³/mol. The van der Waals surface area contributed by atoms with E-state index in [4.69, 9.17) is 0 Å². The van der Waals surface area contributed by atoms with Gasteiger partial charge < -0.3 is 5.32 Å². The zero-order chi connectivity index (χ0) is 16.4. The molecule has 116 valence electrons. The first-order valence-corrected chi connectivity index (χ1v) is 7.58. The minimum Gasteiger partial charge on any atom is -0.326 e. The number of halogens is 1. The molecule has 0 aliphatic heterocycles. The molecule has 0 fully saturated rings. The summed E-state index contributed by atoms with van der Waals surface area (Å²) in [5.74, 6) is -1.58. The zero-order valence-electron chi connectivity index (χ0n) is 12.1. The van der Waals surface area contributed by atoms with Crippen LogP contribution in [0.4, 0.5) is 15.2 Å². The van der Waals surface area contributed by atoms with Crippen LogP contribution in [0.25, 0.3) is 10.2 Å². The number of hydrogen-bond donors (Lipinski definition) is 2. The lowest BCUT2D eigenvalue weighted by molar-refractivity contribution is -0.114. The molecule has 2 aromatic carbocycles. The first-order valence-electron chi connectivity index (χ1n) is 6.77. The van der Waals surface area contributed by atoms with Crippen LogP contribution in [0.3, 0.4) is 0 Å². The van der Waals surface area contributed by atoms with Crippen molar-refractivity contribution in [1.29, 1.82) is 0 Å². The van der Waals surface area contributed by atoms with Gasteiger partial charge in [0.1, 0.15) is 5.82 Å². The number of fused-ring (bicyclic) bond motifs is 1. The van der Waals surface area contributed by atoms with Gasteiger partial charge in [-0.15, -0.1) is 0 Å². The van der Waals surface area contributed by atoms with Gasteiger partial charge in [-0.25, -0.2) is 9.37 Å².